The van der Waals surface area contributed by atoms with Crippen LogP contribution in [-0.4, -0.2) is 4.86 Å². The van der Waals surface area contributed by atoms with E-state index in [-0.39, 0.29) is 24.0 Å². The monoisotopic (exact) mass is 301 g/mol. The zero-order valence-electron chi connectivity index (χ0n) is 4.96. The average Bonchev–Trinajstić information content (AvgIpc) is 1.64. The average molecular weight is 302 g/mol. The van der Waals surface area contributed by atoms with Crippen molar-refractivity contribution in [3.8, 4) is 0 Å². The summed E-state index contributed by atoms with van der Waals surface area (Å²) in [5, 5.41) is 0. The van der Waals surface area contributed by atoms with Crippen molar-refractivity contribution in [2.75, 3.05) is 0 Å². The van der Waals surface area contributed by atoms with E-state index < -0.39 is 0 Å². The maximum absolute atomic E-state index is 4.98. The molecule has 0 radical (unpaired) electrons. The Labute approximate surface area is 87.5 Å². The van der Waals surface area contributed by atoms with Gasteiger partial charge in [0.05, 0.1) is 0 Å². The van der Waals surface area contributed by atoms with Crippen LogP contribution < -0.4 is 0 Å². The van der Waals surface area contributed by atoms with Crippen molar-refractivity contribution in [2.24, 2.45) is 0 Å². The quantitative estimate of drug-likeness (QED) is 0.376. The van der Waals surface area contributed by atoms with Crippen molar-refractivity contribution in [3.63, 3.8) is 0 Å². The Kier molecular flexibility index (Phi) is 5.18. The molecule has 45 valence electrons. The molecule has 0 aromatic heterocycles. The Morgan fingerprint density at radius 3 is 2.56 bits per heavy atom. The molecule has 0 bridgehead atoms. The molecule has 1 rings (SSSR count). The molecule has 3 heteroatoms. The Hall–Kier alpha value is 0.923. The van der Waals surface area contributed by atoms with E-state index in [0.717, 1.165) is 11.3 Å². The minimum absolute atomic E-state index is 0. The predicted octanol–water partition coefficient (Wildman–Crippen LogP) is 2.36. The van der Waals surface area contributed by atoms with Crippen molar-refractivity contribution < 1.29 is 18.3 Å². The number of thiocarbonyl (C=S) groups is 1. The molecule has 0 atom stereocenters. The number of allylic oxidation sites excluding steroid dienone is 4. The van der Waals surface area contributed by atoms with E-state index in [1.54, 1.807) is 0 Å². The van der Waals surface area contributed by atoms with Crippen molar-refractivity contribution in [1.29, 1.82) is 0 Å². The van der Waals surface area contributed by atoms with Crippen LogP contribution in [0.2, 0.25) is 0 Å². The van der Waals surface area contributed by atoms with Crippen LogP contribution in [0.4, 0.5) is 0 Å². The van der Waals surface area contributed by atoms with Gasteiger partial charge in [0.25, 0.3) is 0 Å². The van der Waals surface area contributed by atoms with E-state index in [2.05, 4.69) is 18.2 Å². The molecule has 0 aliphatic heterocycles. The predicted molar refractivity (Wildman–Crippen MR) is 49.9 cm³/mol. The molecule has 0 saturated carbocycles. The van der Waals surface area contributed by atoms with Gasteiger partial charge in [-0.15, -0.1) is 24.0 Å². The number of rotatable bonds is 0. The third-order valence-corrected chi connectivity index (χ3v) is 2.20. The van der Waals surface area contributed by atoms with Gasteiger partial charge < -0.3 is 0 Å². The Morgan fingerprint density at radius 2 is 2.22 bits per heavy atom. The van der Waals surface area contributed by atoms with Gasteiger partial charge >= 0.3 is 64.2 Å². The van der Waals surface area contributed by atoms with Crippen molar-refractivity contribution in [1.82, 2.24) is 0 Å². The molecule has 0 amide bonds. The van der Waals surface area contributed by atoms with E-state index >= 15 is 0 Å². The van der Waals surface area contributed by atoms with Gasteiger partial charge in [0.2, 0.25) is 0 Å². The molecular weight excluding hydrogens is 296 g/mol. The van der Waals surface area contributed by atoms with Crippen LogP contribution in [0.1, 0.15) is 6.42 Å². The summed E-state index contributed by atoms with van der Waals surface area (Å²) in [4.78, 5) is 1.08. The normalized spacial score (nSPS) is 16.7. The van der Waals surface area contributed by atoms with E-state index in [4.69, 9.17) is 12.2 Å². The molecule has 0 nitrogen and oxygen atoms in total. The van der Waals surface area contributed by atoms with Crippen molar-refractivity contribution in [3.05, 3.63) is 22.4 Å². The van der Waals surface area contributed by atoms with Gasteiger partial charge in [0.15, 0.2) is 0 Å². The molecule has 1 aliphatic carbocycles. The molecule has 0 aromatic rings. The van der Waals surface area contributed by atoms with Gasteiger partial charge in [-0.05, 0) is 0 Å². The van der Waals surface area contributed by atoms with Crippen LogP contribution in [0.15, 0.2) is 22.4 Å². The van der Waals surface area contributed by atoms with Gasteiger partial charge in [-0.2, -0.15) is 0 Å². The second-order valence-electron chi connectivity index (χ2n) is 1.79. The summed E-state index contributed by atoms with van der Waals surface area (Å²) in [6, 6.07) is 0. The molecule has 0 saturated heterocycles. The van der Waals surface area contributed by atoms with Gasteiger partial charge in [-0.3, -0.25) is 0 Å². The van der Waals surface area contributed by atoms with E-state index in [1.165, 1.54) is 22.5 Å². The molecule has 0 heterocycles. The van der Waals surface area contributed by atoms with E-state index in [9.17, 15) is 0 Å². The van der Waals surface area contributed by atoms with E-state index in [1.807, 2.05) is 0 Å². The van der Waals surface area contributed by atoms with Crippen LogP contribution in [0.3, 0.4) is 0 Å². The Morgan fingerprint density at radius 1 is 1.56 bits per heavy atom. The fraction of sp³-hybridized carbons (Fsp3) is 0.167. The van der Waals surface area contributed by atoms with E-state index in [0.29, 0.717) is 0 Å². The van der Waals surface area contributed by atoms with Crippen LogP contribution >= 0.6 is 36.2 Å². The molecule has 0 N–H and O–H groups in total. The number of halogens is 1. The number of hydrogen-bond donors (Lipinski definition) is 0. The summed E-state index contributed by atoms with van der Waals surface area (Å²) in [6.45, 7) is 0. The van der Waals surface area contributed by atoms with Crippen molar-refractivity contribution in [2.45, 2.75) is 6.42 Å². The number of hydrogen-bond acceptors (Lipinski definition) is 1. The third-order valence-electron chi connectivity index (χ3n) is 0.997. The van der Waals surface area contributed by atoms with Gasteiger partial charge in [0, 0.05) is 0 Å². The Bertz CT molecular complexity index is 172. The summed E-state index contributed by atoms with van der Waals surface area (Å²) in [6.07, 6.45) is 7.34. The van der Waals surface area contributed by atoms with Crippen molar-refractivity contribution >= 4 is 41.1 Å². The van der Waals surface area contributed by atoms with Crippen LogP contribution in [-0.2, 0) is 18.3 Å². The molecule has 0 unspecified atom stereocenters. The van der Waals surface area contributed by atoms with Crippen LogP contribution in [0.25, 0.3) is 0 Å². The standard InChI is InChI=1S/C6H5S.HI.Zn/c7-6-4-2-1-3-5-6;;/h1-2,5H,4H2;1H;. The first kappa shape index (κ1) is 9.92. The van der Waals surface area contributed by atoms with Gasteiger partial charge in [-0.25, -0.2) is 0 Å². The fourth-order valence-electron chi connectivity index (χ4n) is 0.640. The summed E-state index contributed by atoms with van der Waals surface area (Å²) >= 11 is 6.19. The Balaban J connectivity index is 0.000000640. The maximum atomic E-state index is 4.98. The SMILES string of the molecule is I.S=C1C=[C]([Zn])C=CC1. The summed E-state index contributed by atoms with van der Waals surface area (Å²) < 4.78 is 1.39. The summed E-state index contributed by atoms with van der Waals surface area (Å²) in [7, 11) is 0. The van der Waals surface area contributed by atoms with Crippen LogP contribution in [0, 0.1) is 0 Å². The summed E-state index contributed by atoms with van der Waals surface area (Å²) in [5.41, 5.74) is 0. The summed E-state index contributed by atoms with van der Waals surface area (Å²) in [5.74, 6) is 0. The third kappa shape index (κ3) is 3.58. The molecule has 0 fully saturated rings. The second-order valence-corrected chi connectivity index (χ2v) is 4.03. The minimum atomic E-state index is 0. The first-order valence-electron chi connectivity index (χ1n) is 2.52. The molecular formula is C6H6ISZn. The second kappa shape index (κ2) is 4.70. The molecule has 9 heavy (non-hydrogen) atoms. The zero-order chi connectivity index (χ0) is 5.98. The molecule has 0 spiro atoms. The topological polar surface area (TPSA) is 0 Å². The van der Waals surface area contributed by atoms with Gasteiger partial charge in [0.1, 0.15) is 0 Å². The molecule has 0 aromatic carbocycles. The van der Waals surface area contributed by atoms with Crippen LogP contribution in [0.5, 0.6) is 0 Å². The van der Waals surface area contributed by atoms with Gasteiger partial charge in [-0.1, -0.05) is 0 Å². The fourth-order valence-corrected chi connectivity index (χ4v) is 2.06. The first-order chi connectivity index (χ1) is 3.79. The zero-order valence-corrected chi connectivity index (χ0v) is 11.1. The first-order valence-corrected chi connectivity index (χ1v) is 4.41. The molecule has 1 aliphatic rings.